The van der Waals surface area contributed by atoms with Crippen molar-refractivity contribution in [2.24, 2.45) is 0 Å². The Morgan fingerprint density at radius 3 is 2.35 bits per heavy atom. The number of piperazine rings is 1. The van der Waals surface area contributed by atoms with Gasteiger partial charge in [-0.25, -0.2) is 4.79 Å². The topological polar surface area (TPSA) is 119 Å². The van der Waals surface area contributed by atoms with Crippen molar-refractivity contribution in [1.82, 2.24) is 15.1 Å². The average Bonchev–Trinajstić information content (AvgIpc) is 2.89. The van der Waals surface area contributed by atoms with Gasteiger partial charge in [0.05, 0.1) is 11.2 Å². The van der Waals surface area contributed by atoms with Crippen molar-refractivity contribution in [2.75, 3.05) is 32.8 Å². The van der Waals surface area contributed by atoms with E-state index in [1.807, 2.05) is 4.90 Å². The number of carbonyl (C=O) groups is 3. The van der Waals surface area contributed by atoms with Crippen LogP contribution in [0.2, 0.25) is 0 Å². The third-order valence-corrected chi connectivity index (χ3v) is 8.37. The summed E-state index contributed by atoms with van der Waals surface area (Å²) in [7, 11) is 0. The first-order valence-corrected chi connectivity index (χ1v) is 13.8. The number of amides is 2. The summed E-state index contributed by atoms with van der Waals surface area (Å²) in [5.74, 6) is -0.481. The Morgan fingerprint density at radius 1 is 1.05 bits per heavy atom. The van der Waals surface area contributed by atoms with Gasteiger partial charge in [-0.05, 0) is 56.4 Å². The predicted octanol–water partition coefficient (Wildman–Crippen LogP) is 2.81. The van der Waals surface area contributed by atoms with Crippen LogP contribution in [-0.4, -0.2) is 87.8 Å². The second kappa shape index (κ2) is 11.8. The van der Waals surface area contributed by atoms with Crippen LogP contribution in [0.25, 0.3) is 0 Å². The number of nitrogens with one attached hydrogen (secondary N) is 1. The van der Waals surface area contributed by atoms with Crippen molar-refractivity contribution < 1.29 is 29.3 Å². The minimum atomic E-state index is -0.969. The standard InChI is InChI=1S/C28H41N3O6/c1-2-3-15-31-24(32)23(20-27(36)11-5-4-6-12-27)29-26(35)28(31)13-16-30(17-14-28)18-19-37-22-9-7-21(8-10-22)25(33)34/h7-10,23,36H,2-6,11-20H2,1H3,(H,29,35)(H,33,34)/t23-/m1/s1. The predicted molar refractivity (Wildman–Crippen MR) is 139 cm³/mol. The maximum Gasteiger partial charge on any atom is 0.335 e. The molecule has 1 atom stereocenters. The molecule has 3 aliphatic rings. The van der Waals surface area contributed by atoms with Gasteiger partial charge in [0.15, 0.2) is 0 Å². The molecule has 9 nitrogen and oxygen atoms in total. The molecule has 2 aliphatic heterocycles. The SMILES string of the molecule is CCCCN1C(=O)[C@@H](CC2(O)CCCCC2)NC(=O)C12CCN(CCOc1ccc(C(=O)O)cc1)CC2. The molecule has 3 N–H and O–H groups in total. The molecule has 204 valence electrons. The second-order valence-corrected chi connectivity index (χ2v) is 10.9. The Hall–Kier alpha value is -2.65. The lowest BCUT2D eigenvalue weighted by Crippen LogP contribution is -2.73. The average molecular weight is 516 g/mol. The summed E-state index contributed by atoms with van der Waals surface area (Å²) < 4.78 is 5.79. The third-order valence-electron chi connectivity index (χ3n) is 8.37. The Kier molecular flexibility index (Phi) is 8.75. The minimum Gasteiger partial charge on any atom is -0.492 e. The van der Waals surface area contributed by atoms with Crippen molar-refractivity contribution in [3.8, 4) is 5.75 Å². The Labute approximate surface area is 219 Å². The van der Waals surface area contributed by atoms with Gasteiger partial charge in [-0.3, -0.25) is 14.5 Å². The number of carboxylic acids is 1. The molecule has 1 aromatic carbocycles. The summed E-state index contributed by atoms with van der Waals surface area (Å²) in [4.78, 5) is 42.3. The van der Waals surface area contributed by atoms with Crippen molar-refractivity contribution >= 4 is 17.8 Å². The van der Waals surface area contributed by atoms with E-state index in [1.165, 1.54) is 12.1 Å². The molecule has 37 heavy (non-hydrogen) atoms. The summed E-state index contributed by atoms with van der Waals surface area (Å²) in [6.45, 7) is 5.13. The van der Waals surface area contributed by atoms with Gasteiger partial charge < -0.3 is 25.2 Å². The number of aliphatic hydroxyl groups is 1. The van der Waals surface area contributed by atoms with Crippen molar-refractivity contribution in [2.45, 2.75) is 88.3 Å². The van der Waals surface area contributed by atoms with E-state index in [1.54, 1.807) is 12.1 Å². The number of piperidine rings is 1. The van der Waals surface area contributed by atoms with Crippen LogP contribution in [-0.2, 0) is 9.59 Å². The maximum absolute atomic E-state index is 13.7. The molecule has 1 spiro atoms. The first-order valence-electron chi connectivity index (χ1n) is 13.8. The molecular formula is C28H41N3O6. The highest BCUT2D eigenvalue weighted by atomic mass is 16.5. The van der Waals surface area contributed by atoms with E-state index in [0.29, 0.717) is 70.6 Å². The molecule has 2 amide bonds. The molecule has 0 unspecified atom stereocenters. The van der Waals surface area contributed by atoms with Crippen molar-refractivity contribution in [3.63, 3.8) is 0 Å². The van der Waals surface area contributed by atoms with Crippen LogP contribution in [0.5, 0.6) is 5.75 Å². The van der Waals surface area contributed by atoms with Crippen LogP contribution in [0, 0.1) is 0 Å². The van der Waals surface area contributed by atoms with Gasteiger partial charge in [-0.1, -0.05) is 32.6 Å². The summed E-state index contributed by atoms with van der Waals surface area (Å²) in [6.07, 6.45) is 7.62. The van der Waals surface area contributed by atoms with Gasteiger partial charge >= 0.3 is 5.97 Å². The number of rotatable bonds is 10. The number of ether oxygens (including phenoxy) is 1. The van der Waals surface area contributed by atoms with Crippen LogP contribution in [0.4, 0.5) is 0 Å². The molecule has 1 aromatic rings. The number of likely N-dealkylation sites (tertiary alicyclic amines) is 1. The van der Waals surface area contributed by atoms with Crippen LogP contribution >= 0.6 is 0 Å². The zero-order valence-corrected chi connectivity index (χ0v) is 21.9. The molecule has 9 heteroatoms. The molecule has 0 aromatic heterocycles. The summed E-state index contributed by atoms with van der Waals surface area (Å²) in [5, 5.41) is 23.1. The Bertz CT molecular complexity index is 951. The van der Waals surface area contributed by atoms with E-state index in [0.717, 1.165) is 32.1 Å². The molecule has 4 rings (SSSR count). The molecule has 1 saturated carbocycles. The quantitative estimate of drug-likeness (QED) is 0.438. The zero-order chi connectivity index (χ0) is 26.5. The van der Waals surface area contributed by atoms with Gasteiger partial charge in [0, 0.05) is 32.6 Å². The van der Waals surface area contributed by atoms with E-state index >= 15 is 0 Å². The van der Waals surface area contributed by atoms with E-state index in [9.17, 15) is 19.5 Å². The molecule has 2 saturated heterocycles. The number of nitrogens with zero attached hydrogens (tertiary/aromatic N) is 2. The number of hydrogen-bond donors (Lipinski definition) is 3. The largest absolute Gasteiger partial charge is 0.492 e. The molecular weight excluding hydrogens is 474 g/mol. The monoisotopic (exact) mass is 515 g/mol. The van der Waals surface area contributed by atoms with E-state index in [4.69, 9.17) is 9.84 Å². The number of benzene rings is 1. The number of carbonyl (C=O) groups excluding carboxylic acids is 2. The zero-order valence-electron chi connectivity index (χ0n) is 21.9. The lowest BCUT2D eigenvalue weighted by molar-refractivity contribution is -0.163. The third kappa shape index (κ3) is 6.26. The number of unbranched alkanes of at least 4 members (excludes halogenated alkanes) is 1. The number of carboxylic acid groups (broad SMARTS) is 1. The Morgan fingerprint density at radius 2 is 1.73 bits per heavy atom. The molecule has 0 radical (unpaired) electrons. The van der Waals surface area contributed by atoms with Crippen LogP contribution in [0.1, 0.15) is 81.5 Å². The second-order valence-electron chi connectivity index (χ2n) is 10.9. The molecule has 1 aliphatic carbocycles. The Balaban J connectivity index is 1.35. The fraction of sp³-hybridized carbons (Fsp3) is 0.679. The summed E-state index contributed by atoms with van der Waals surface area (Å²) in [6, 6.07) is 5.69. The molecule has 2 heterocycles. The highest BCUT2D eigenvalue weighted by molar-refractivity contribution is 6.00. The summed E-state index contributed by atoms with van der Waals surface area (Å²) in [5.41, 5.74) is -1.48. The minimum absolute atomic E-state index is 0.0476. The van der Waals surface area contributed by atoms with E-state index < -0.39 is 23.2 Å². The van der Waals surface area contributed by atoms with E-state index in [-0.39, 0.29) is 17.4 Å². The van der Waals surface area contributed by atoms with Crippen LogP contribution in [0.3, 0.4) is 0 Å². The maximum atomic E-state index is 13.7. The normalized spacial score (nSPS) is 23.6. The molecule has 3 fully saturated rings. The van der Waals surface area contributed by atoms with Gasteiger partial charge in [0.2, 0.25) is 11.8 Å². The lowest BCUT2D eigenvalue weighted by Gasteiger charge is -2.52. The van der Waals surface area contributed by atoms with Crippen LogP contribution < -0.4 is 10.1 Å². The smallest absolute Gasteiger partial charge is 0.335 e. The first-order chi connectivity index (χ1) is 17.8. The van der Waals surface area contributed by atoms with Gasteiger partial charge in [0.1, 0.15) is 23.9 Å². The first kappa shape index (κ1) is 27.4. The van der Waals surface area contributed by atoms with E-state index in [2.05, 4.69) is 17.1 Å². The van der Waals surface area contributed by atoms with Crippen molar-refractivity contribution in [3.05, 3.63) is 29.8 Å². The fourth-order valence-corrected chi connectivity index (χ4v) is 6.08. The lowest BCUT2D eigenvalue weighted by atomic mass is 9.77. The number of hydrogen-bond acceptors (Lipinski definition) is 6. The molecule has 0 bridgehead atoms. The fourth-order valence-electron chi connectivity index (χ4n) is 6.08. The van der Waals surface area contributed by atoms with Gasteiger partial charge in [-0.2, -0.15) is 0 Å². The summed E-state index contributed by atoms with van der Waals surface area (Å²) >= 11 is 0. The van der Waals surface area contributed by atoms with Crippen molar-refractivity contribution in [1.29, 1.82) is 0 Å². The highest BCUT2D eigenvalue weighted by Crippen LogP contribution is 2.37. The highest BCUT2D eigenvalue weighted by Gasteiger charge is 2.54. The van der Waals surface area contributed by atoms with Gasteiger partial charge in [-0.15, -0.1) is 0 Å². The number of aromatic carboxylic acids is 1. The van der Waals surface area contributed by atoms with Gasteiger partial charge in [0.25, 0.3) is 0 Å². The van der Waals surface area contributed by atoms with Crippen LogP contribution in [0.15, 0.2) is 24.3 Å².